The molecule has 2 aromatic carbocycles. The van der Waals surface area contributed by atoms with Crippen LogP contribution in [-0.2, 0) is 0 Å². The molecule has 5 heteroatoms. The molecular weight excluding hydrogens is 292 g/mol. The SMILES string of the molecule is COc1cc([C@H]2CCNc3ccccc3N2)cc(OC)c1OC. The van der Waals surface area contributed by atoms with Crippen molar-refractivity contribution in [2.45, 2.75) is 12.5 Å². The highest BCUT2D eigenvalue weighted by Gasteiger charge is 2.21. The van der Waals surface area contributed by atoms with E-state index in [4.69, 9.17) is 14.2 Å². The van der Waals surface area contributed by atoms with E-state index in [1.807, 2.05) is 24.3 Å². The maximum absolute atomic E-state index is 5.46. The first-order valence-electron chi connectivity index (χ1n) is 7.66. The first-order valence-corrected chi connectivity index (χ1v) is 7.66. The minimum atomic E-state index is 0.167. The third-order valence-electron chi connectivity index (χ3n) is 4.09. The number of para-hydroxylation sites is 2. The zero-order valence-electron chi connectivity index (χ0n) is 13.7. The number of nitrogens with one attached hydrogen (secondary N) is 2. The van der Waals surface area contributed by atoms with Crippen LogP contribution in [0.1, 0.15) is 18.0 Å². The number of fused-ring (bicyclic) bond motifs is 1. The molecule has 0 bridgehead atoms. The number of ether oxygens (including phenoxy) is 3. The Hall–Kier alpha value is -2.56. The third-order valence-corrected chi connectivity index (χ3v) is 4.09. The molecule has 0 aliphatic carbocycles. The fourth-order valence-corrected chi connectivity index (χ4v) is 2.93. The molecule has 1 aliphatic rings. The Kier molecular flexibility index (Phi) is 4.46. The minimum absolute atomic E-state index is 0.167. The van der Waals surface area contributed by atoms with Crippen molar-refractivity contribution in [3.05, 3.63) is 42.0 Å². The second-order valence-electron chi connectivity index (χ2n) is 5.42. The summed E-state index contributed by atoms with van der Waals surface area (Å²) in [5, 5.41) is 7.06. The first kappa shape index (κ1) is 15.3. The molecule has 0 fully saturated rings. The van der Waals surface area contributed by atoms with Gasteiger partial charge in [0.2, 0.25) is 5.75 Å². The van der Waals surface area contributed by atoms with E-state index in [0.29, 0.717) is 17.2 Å². The van der Waals surface area contributed by atoms with Crippen molar-refractivity contribution in [1.29, 1.82) is 0 Å². The third kappa shape index (κ3) is 2.99. The van der Waals surface area contributed by atoms with Crippen LogP contribution in [0, 0.1) is 0 Å². The summed E-state index contributed by atoms with van der Waals surface area (Å²) in [5.74, 6) is 1.97. The van der Waals surface area contributed by atoms with Crippen LogP contribution >= 0.6 is 0 Å². The van der Waals surface area contributed by atoms with Crippen molar-refractivity contribution in [2.24, 2.45) is 0 Å². The van der Waals surface area contributed by atoms with Crippen LogP contribution in [0.25, 0.3) is 0 Å². The molecule has 122 valence electrons. The summed E-state index contributed by atoms with van der Waals surface area (Å²) < 4.78 is 16.3. The maximum atomic E-state index is 5.46. The number of methoxy groups -OCH3 is 3. The van der Waals surface area contributed by atoms with Gasteiger partial charge in [0.1, 0.15) is 0 Å². The van der Waals surface area contributed by atoms with Gasteiger partial charge in [0.25, 0.3) is 0 Å². The van der Waals surface area contributed by atoms with Gasteiger partial charge in [0, 0.05) is 6.54 Å². The lowest BCUT2D eigenvalue weighted by atomic mass is 10.0. The van der Waals surface area contributed by atoms with Crippen LogP contribution < -0.4 is 24.8 Å². The molecule has 5 nitrogen and oxygen atoms in total. The lowest BCUT2D eigenvalue weighted by Gasteiger charge is -2.21. The lowest BCUT2D eigenvalue weighted by Crippen LogP contribution is -2.12. The van der Waals surface area contributed by atoms with Crippen molar-refractivity contribution < 1.29 is 14.2 Å². The monoisotopic (exact) mass is 314 g/mol. The highest BCUT2D eigenvalue weighted by atomic mass is 16.5. The summed E-state index contributed by atoms with van der Waals surface area (Å²) in [7, 11) is 4.89. The number of hydrogen-bond acceptors (Lipinski definition) is 5. The number of anilines is 2. The summed E-state index contributed by atoms with van der Waals surface area (Å²) in [4.78, 5) is 0. The van der Waals surface area contributed by atoms with Gasteiger partial charge in [-0.05, 0) is 36.2 Å². The Morgan fingerprint density at radius 2 is 1.57 bits per heavy atom. The van der Waals surface area contributed by atoms with Crippen molar-refractivity contribution >= 4 is 11.4 Å². The predicted molar refractivity (Wildman–Crippen MR) is 92.0 cm³/mol. The van der Waals surface area contributed by atoms with Gasteiger partial charge in [-0.15, -0.1) is 0 Å². The van der Waals surface area contributed by atoms with Crippen molar-refractivity contribution in [2.75, 3.05) is 38.5 Å². The number of rotatable bonds is 4. The maximum Gasteiger partial charge on any atom is 0.203 e. The minimum Gasteiger partial charge on any atom is -0.493 e. The first-order chi connectivity index (χ1) is 11.3. The molecule has 0 aromatic heterocycles. The molecule has 0 radical (unpaired) electrons. The van der Waals surface area contributed by atoms with Gasteiger partial charge in [0.15, 0.2) is 11.5 Å². The number of benzene rings is 2. The van der Waals surface area contributed by atoms with Crippen LogP contribution in [0.4, 0.5) is 11.4 Å². The van der Waals surface area contributed by atoms with Crippen molar-refractivity contribution in [3.8, 4) is 17.2 Å². The second-order valence-corrected chi connectivity index (χ2v) is 5.42. The molecule has 0 unspecified atom stereocenters. The molecule has 1 atom stereocenters. The van der Waals surface area contributed by atoms with Gasteiger partial charge in [-0.25, -0.2) is 0 Å². The van der Waals surface area contributed by atoms with Crippen molar-refractivity contribution in [1.82, 2.24) is 0 Å². The van der Waals surface area contributed by atoms with E-state index in [0.717, 1.165) is 29.9 Å². The van der Waals surface area contributed by atoms with Crippen LogP contribution in [0.3, 0.4) is 0 Å². The molecule has 1 aliphatic heterocycles. The van der Waals surface area contributed by atoms with Gasteiger partial charge < -0.3 is 24.8 Å². The fourth-order valence-electron chi connectivity index (χ4n) is 2.93. The van der Waals surface area contributed by atoms with Gasteiger partial charge in [-0.3, -0.25) is 0 Å². The summed E-state index contributed by atoms with van der Waals surface area (Å²) in [5.41, 5.74) is 3.34. The molecule has 0 spiro atoms. The highest BCUT2D eigenvalue weighted by Crippen LogP contribution is 2.41. The van der Waals surface area contributed by atoms with Crippen LogP contribution in [0.2, 0.25) is 0 Å². The predicted octanol–water partition coefficient (Wildman–Crippen LogP) is 3.68. The zero-order chi connectivity index (χ0) is 16.2. The molecular formula is C18H22N2O3. The van der Waals surface area contributed by atoms with Crippen LogP contribution in [0.15, 0.2) is 36.4 Å². The molecule has 1 heterocycles. The standard InChI is InChI=1S/C18H22N2O3/c1-21-16-10-12(11-17(22-2)18(16)23-3)13-8-9-19-14-6-4-5-7-15(14)20-13/h4-7,10-11,13,19-20H,8-9H2,1-3H3/t13-/m1/s1. The van der Waals surface area contributed by atoms with Crippen molar-refractivity contribution in [3.63, 3.8) is 0 Å². The van der Waals surface area contributed by atoms with E-state index in [1.54, 1.807) is 21.3 Å². The molecule has 0 saturated carbocycles. The van der Waals surface area contributed by atoms with Crippen LogP contribution in [0.5, 0.6) is 17.2 Å². The van der Waals surface area contributed by atoms with E-state index in [9.17, 15) is 0 Å². The van der Waals surface area contributed by atoms with Gasteiger partial charge >= 0.3 is 0 Å². The van der Waals surface area contributed by atoms with E-state index in [-0.39, 0.29) is 6.04 Å². The highest BCUT2D eigenvalue weighted by molar-refractivity contribution is 5.70. The average molecular weight is 314 g/mol. The molecule has 2 N–H and O–H groups in total. The molecule has 23 heavy (non-hydrogen) atoms. The fraction of sp³-hybridized carbons (Fsp3) is 0.333. The summed E-state index contributed by atoms with van der Waals surface area (Å²) in [6, 6.07) is 12.4. The Morgan fingerprint density at radius 1 is 0.913 bits per heavy atom. The van der Waals surface area contributed by atoms with E-state index >= 15 is 0 Å². The summed E-state index contributed by atoms with van der Waals surface area (Å²) in [6.07, 6.45) is 0.952. The molecule has 2 aromatic rings. The molecule has 0 amide bonds. The van der Waals surface area contributed by atoms with Gasteiger partial charge in [-0.1, -0.05) is 12.1 Å². The summed E-state index contributed by atoms with van der Waals surface area (Å²) >= 11 is 0. The van der Waals surface area contributed by atoms with Gasteiger partial charge in [-0.2, -0.15) is 0 Å². The summed E-state index contributed by atoms with van der Waals surface area (Å²) in [6.45, 7) is 0.894. The average Bonchev–Trinajstić information content (AvgIpc) is 2.82. The zero-order valence-corrected chi connectivity index (χ0v) is 13.7. The van der Waals surface area contributed by atoms with Crippen LogP contribution in [-0.4, -0.2) is 27.9 Å². The quantitative estimate of drug-likeness (QED) is 0.901. The smallest absolute Gasteiger partial charge is 0.203 e. The number of hydrogen-bond donors (Lipinski definition) is 2. The Morgan fingerprint density at radius 3 is 2.17 bits per heavy atom. The topological polar surface area (TPSA) is 51.8 Å². The molecule has 0 saturated heterocycles. The van der Waals surface area contributed by atoms with E-state index in [1.165, 1.54) is 0 Å². The Labute approximate surface area is 136 Å². The Bertz CT molecular complexity index is 663. The van der Waals surface area contributed by atoms with E-state index < -0.39 is 0 Å². The lowest BCUT2D eigenvalue weighted by molar-refractivity contribution is 0.323. The van der Waals surface area contributed by atoms with E-state index in [2.05, 4.69) is 22.8 Å². The molecule has 3 rings (SSSR count). The second kappa shape index (κ2) is 6.69. The normalized spacial score (nSPS) is 16.4. The Balaban J connectivity index is 1.98. The largest absolute Gasteiger partial charge is 0.493 e. The van der Waals surface area contributed by atoms with Gasteiger partial charge in [0.05, 0.1) is 38.7 Å².